The van der Waals surface area contributed by atoms with Crippen molar-refractivity contribution in [1.82, 2.24) is 9.21 Å². The van der Waals surface area contributed by atoms with E-state index >= 15 is 0 Å². The monoisotopic (exact) mass is 623 g/mol. The van der Waals surface area contributed by atoms with Crippen LogP contribution < -0.4 is 14.2 Å². The van der Waals surface area contributed by atoms with Crippen LogP contribution in [0.3, 0.4) is 0 Å². The molecule has 3 aromatic rings. The molecule has 1 amide bonds. The maximum absolute atomic E-state index is 13.7. The molecule has 0 aliphatic carbocycles. The van der Waals surface area contributed by atoms with Crippen LogP contribution in [0.5, 0.6) is 11.5 Å². The fourth-order valence-corrected chi connectivity index (χ4v) is 7.86. The highest BCUT2D eigenvalue weighted by molar-refractivity contribution is 7.92. The van der Waals surface area contributed by atoms with Crippen LogP contribution in [-0.2, 0) is 20.0 Å². The Kier molecular flexibility index (Phi) is 9.29. The molecule has 2 heterocycles. The molecule has 2 N–H and O–H groups in total. The van der Waals surface area contributed by atoms with Crippen molar-refractivity contribution in [3.05, 3.63) is 65.5 Å². The summed E-state index contributed by atoms with van der Waals surface area (Å²) in [4.78, 5) is 15.1. The summed E-state index contributed by atoms with van der Waals surface area (Å²) in [5.41, 5.74) is 0.104. The Bertz CT molecular complexity index is 1580. The summed E-state index contributed by atoms with van der Waals surface area (Å²) in [6, 6.07) is 12.9. The number of aliphatic hydroxyl groups excluding tert-OH is 1. The van der Waals surface area contributed by atoms with Crippen LogP contribution in [0.4, 0.5) is 5.69 Å². The number of sulfonamides is 2. The molecular formula is C27H33N3O8S3. The first-order valence-electron chi connectivity index (χ1n) is 12.8. The van der Waals surface area contributed by atoms with Crippen LogP contribution in [0.25, 0.3) is 0 Å². The van der Waals surface area contributed by atoms with Gasteiger partial charge in [-0.25, -0.2) is 16.8 Å². The van der Waals surface area contributed by atoms with Crippen molar-refractivity contribution in [2.45, 2.75) is 35.1 Å². The summed E-state index contributed by atoms with van der Waals surface area (Å²) in [6.07, 6.45) is -0.776. The summed E-state index contributed by atoms with van der Waals surface area (Å²) in [6.45, 7) is 3.33. The van der Waals surface area contributed by atoms with Crippen molar-refractivity contribution < 1.29 is 36.2 Å². The molecule has 0 bridgehead atoms. The van der Waals surface area contributed by atoms with Gasteiger partial charge < -0.3 is 19.5 Å². The van der Waals surface area contributed by atoms with Gasteiger partial charge in [0.15, 0.2) is 5.75 Å². The molecule has 0 saturated heterocycles. The van der Waals surface area contributed by atoms with Gasteiger partial charge in [0.05, 0.1) is 42.4 Å². The minimum absolute atomic E-state index is 0.0196. The second kappa shape index (κ2) is 12.4. The number of rotatable bonds is 10. The van der Waals surface area contributed by atoms with Crippen LogP contribution in [0, 0.1) is 5.92 Å². The lowest BCUT2D eigenvalue weighted by Gasteiger charge is -2.38. The number of nitrogens with one attached hydrogen (secondary N) is 1. The van der Waals surface area contributed by atoms with Gasteiger partial charge in [0.1, 0.15) is 16.1 Å². The van der Waals surface area contributed by atoms with Gasteiger partial charge in [-0.15, -0.1) is 11.3 Å². The van der Waals surface area contributed by atoms with Gasteiger partial charge in [-0.05, 0) is 54.8 Å². The molecule has 0 saturated carbocycles. The number of hydrogen-bond acceptors (Lipinski definition) is 9. The fourth-order valence-electron chi connectivity index (χ4n) is 4.42. The highest BCUT2D eigenvalue weighted by Crippen LogP contribution is 2.36. The number of ether oxygens (including phenoxy) is 2. The van der Waals surface area contributed by atoms with Crippen molar-refractivity contribution in [2.75, 3.05) is 38.6 Å². The zero-order valence-corrected chi connectivity index (χ0v) is 25.5. The number of anilines is 1. The molecule has 0 radical (unpaired) electrons. The highest BCUT2D eigenvalue weighted by atomic mass is 32.2. The SMILES string of the molecule is COc1ccc(S(=O)(=O)Nc2cccc3c2O[C@@H](CN(C)S(=O)(=O)c2cccs2)[C@@H](C)CN([C@H](C)CO)C3=O)cc1. The molecule has 0 fully saturated rings. The van der Waals surface area contributed by atoms with Gasteiger partial charge in [-0.3, -0.25) is 9.52 Å². The second-order valence-corrected chi connectivity index (χ2v) is 14.7. The van der Waals surface area contributed by atoms with Gasteiger partial charge in [0.2, 0.25) is 0 Å². The molecule has 3 atom stereocenters. The average Bonchev–Trinajstić information content (AvgIpc) is 3.51. The van der Waals surface area contributed by atoms with Crippen LogP contribution in [0.1, 0.15) is 24.2 Å². The van der Waals surface area contributed by atoms with E-state index in [1.165, 1.54) is 71.9 Å². The van der Waals surface area contributed by atoms with Gasteiger partial charge in [0, 0.05) is 19.5 Å². The Morgan fingerprint density at radius 2 is 1.85 bits per heavy atom. The lowest BCUT2D eigenvalue weighted by atomic mass is 9.99. The third kappa shape index (κ3) is 6.51. The molecule has 0 unspecified atom stereocenters. The molecule has 2 aromatic carbocycles. The zero-order chi connectivity index (χ0) is 29.9. The topological polar surface area (TPSA) is 143 Å². The molecular weight excluding hydrogens is 591 g/mol. The summed E-state index contributed by atoms with van der Waals surface area (Å²) >= 11 is 1.10. The maximum atomic E-state index is 13.7. The third-order valence-corrected chi connectivity index (χ3v) is 11.5. The Hall–Kier alpha value is -3.17. The Morgan fingerprint density at radius 1 is 1.15 bits per heavy atom. The Balaban J connectivity index is 1.76. The number of fused-ring (bicyclic) bond motifs is 1. The lowest BCUT2D eigenvalue weighted by Crippen LogP contribution is -2.50. The lowest BCUT2D eigenvalue weighted by molar-refractivity contribution is 0.0389. The van der Waals surface area contributed by atoms with Crippen molar-refractivity contribution in [3.8, 4) is 11.5 Å². The third-order valence-electron chi connectivity index (χ3n) is 6.90. The quantitative estimate of drug-likeness (QED) is 0.351. The summed E-state index contributed by atoms with van der Waals surface area (Å²) in [7, 11) is -5.00. The van der Waals surface area contributed by atoms with E-state index in [0.717, 1.165) is 11.3 Å². The number of benzene rings is 2. The average molecular weight is 624 g/mol. The predicted octanol–water partition coefficient (Wildman–Crippen LogP) is 3.10. The van der Waals surface area contributed by atoms with Gasteiger partial charge >= 0.3 is 0 Å². The second-order valence-electron chi connectivity index (χ2n) is 9.80. The van der Waals surface area contributed by atoms with Crippen molar-refractivity contribution in [3.63, 3.8) is 0 Å². The molecule has 0 spiro atoms. The number of para-hydroxylation sites is 1. The molecule has 222 valence electrons. The molecule has 1 aromatic heterocycles. The van der Waals surface area contributed by atoms with E-state index in [9.17, 15) is 26.7 Å². The number of likely N-dealkylation sites (N-methyl/N-ethyl adjacent to an activating group) is 1. The van der Waals surface area contributed by atoms with Crippen LogP contribution in [-0.4, -0.2) is 83.1 Å². The first kappa shape index (κ1) is 30.8. The van der Waals surface area contributed by atoms with E-state index in [1.807, 2.05) is 6.92 Å². The molecule has 41 heavy (non-hydrogen) atoms. The van der Waals surface area contributed by atoms with Gasteiger partial charge in [0.25, 0.3) is 26.0 Å². The van der Waals surface area contributed by atoms with Crippen molar-refractivity contribution in [2.24, 2.45) is 5.92 Å². The van der Waals surface area contributed by atoms with E-state index in [-0.39, 0.29) is 45.8 Å². The zero-order valence-electron chi connectivity index (χ0n) is 23.1. The minimum atomic E-state index is -4.11. The van der Waals surface area contributed by atoms with E-state index < -0.39 is 44.0 Å². The maximum Gasteiger partial charge on any atom is 0.262 e. The summed E-state index contributed by atoms with van der Waals surface area (Å²) in [5, 5.41) is 11.6. The van der Waals surface area contributed by atoms with E-state index in [4.69, 9.17) is 9.47 Å². The minimum Gasteiger partial charge on any atom is -0.497 e. The number of aliphatic hydroxyl groups is 1. The number of carbonyl (C=O) groups excluding carboxylic acids is 1. The van der Waals surface area contributed by atoms with Gasteiger partial charge in [-0.2, -0.15) is 4.31 Å². The van der Waals surface area contributed by atoms with Crippen molar-refractivity contribution in [1.29, 1.82) is 0 Å². The number of nitrogens with zero attached hydrogens (tertiary/aromatic N) is 2. The predicted molar refractivity (Wildman–Crippen MR) is 156 cm³/mol. The number of carbonyl (C=O) groups is 1. The smallest absolute Gasteiger partial charge is 0.262 e. The van der Waals surface area contributed by atoms with Crippen LogP contribution >= 0.6 is 11.3 Å². The molecule has 1 aliphatic heterocycles. The number of amides is 1. The Labute approximate surface area is 244 Å². The van der Waals surface area contributed by atoms with Crippen LogP contribution in [0.15, 0.2) is 69.1 Å². The normalized spacial score (nSPS) is 18.7. The first-order chi connectivity index (χ1) is 19.4. The molecule has 1 aliphatic rings. The van der Waals surface area contributed by atoms with E-state index in [1.54, 1.807) is 18.4 Å². The molecule has 14 heteroatoms. The Morgan fingerprint density at radius 3 is 2.46 bits per heavy atom. The molecule has 11 nitrogen and oxygen atoms in total. The van der Waals surface area contributed by atoms with E-state index in [0.29, 0.717) is 5.75 Å². The van der Waals surface area contributed by atoms with Crippen molar-refractivity contribution >= 4 is 43.0 Å². The first-order valence-corrected chi connectivity index (χ1v) is 16.6. The molecule has 4 rings (SSSR count). The summed E-state index contributed by atoms with van der Waals surface area (Å²) < 4.78 is 68.3. The van der Waals surface area contributed by atoms with Gasteiger partial charge in [-0.1, -0.05) is 19.1 Å². The number of thiophene rings is 1. The number of methoxy groups -OCH3 is 1. The number of hydrogen-bond donors (Lipinski definition) is 2. The van der Waals surface area contributed by atoms with E-state index in [2.05, 4.69) is 4.72 Å². The standard InChI is InChI=1S/C27H33N3O8S3/c1-18-15-30(19(2)17-31)27(32)22-7-5-8-23(28-40(33,34)21-12-10-20(37-4)11-13-21)26(22)38-24(18)16-29(3)41(35,36)25-9-6-14-39-25/h5-14,18-19,24,28,31H,15-17H2,1-4H3/t18-,19+,24-/m0/s1. The van der Waals surface area contributed by atoms with Crippen LogP contribution in [0.2, 0.25) is 0 Å². The largest absolute Gasteiger partial charge is 0.497 e. The summed E-state index contributed by atoms with van der Waals surface area (Å²) in [5.74, 6) is -0.382. The fraction of sp³-hybridized carbons (Fsp3) is 0.370. The highest BCUT2D eigenvalue weighted by Gasteiger charge is 2.36.